The zero-order valence-corrected chi connectivity index (χ0v) is 9.86. The van der Waals surface area contributed by atoms with Crippen LogP contribution < -0.4 is 5.73 Å². The first kappa shape index (κ1) is 12.7. The van der Waals surface area contributed by atoms with E-state index in [2.05, 4.69) is 0 Å². The lowest BCUT2D eigenvalue weighted by Gasteiger charge is -2.23. The second-order valence-corrected chi connectivity index (χ2v) is 4.88. The minimum absolute atomic E-state index is 0.173. The van der Waals surface area contributed by atoms with Crippen molar-refractivity contribution in [3.8, 4) is 0 Å². The molecule has 16 heavy (non-hydrogen) atoms. The summed E-state index contributed by atoms with van der Waals surface area (Å²) in [6.07, 6.45) is 0.915. The van der Waals surface area contributed by atoms with Gasteiger partial charge in [-0.25, -0.2) is 0 Å². The maximum atomic E-state index is 10.7. The first-order valence-corrected chi connectivity index (χ1v) is 5.43. The largest absolute Gasteiger partial charge is 0.481 e. The van der Waals surface area contributed by atoms with Crippen LogP contribution in [0.3, 0.4) is 0 Å². The summed E-state index contributed by atoms with van der Waals surface area (Å²) >= 11 is 0. The van der Waals surface area contributed by atoms with Gasteiger partial charge in [0.2, 0.25) is 0 Å². The van der Waals surface area contributed by atoms with Crippen LogP contribution in [0.1, 0.15) is 31.4 Å². The van der Waals surface area contributed by atoms with Gasteiger partial charge in [-0.3, -0.25) is 4.79 Å². The molecule has 1 aromatic rings. The number of aliphatic carboxylic acids is 1. The summed E-state index contributed by atoms with van der Waals surface area (Å²) in [5, 5.41) is 8.83. The van der Waals surface area contributed by atoms with Gasteiger partial charge < -0.3 is 10.8 Å². The van der Waals surface area contributed by atoms with Gasteiger partial charge in [0.25, 0.3) is 0 Å². The van der Waals surface area contributed by atoms with E-state index in [1.165, 1.54) is 0 Å². The molecule has 0 aromatic heterocycles. The highest BCUT2D eigenvalue weighted by molar-refractivity contribution is 5.67. The van der Waals surface area contributed by atoms with Gasteiger partial charge in [0.05, 0.1) is 6.42 Å². The highest BCUT2D eigenvalue weighted by atomic mass is 16.4. The van der Waals surface area contributed by atoms with Gasteiger partial charge in [-0.1, -0.05) is 38.1 Å². The minimum Gasteiger partial charge on any atom is -0.481 e. The summed E-state index contributed by atoms with van der Waals surface area (Å²) in [7, 11) is 0. The van der Waals surface area contributed by atoms with E-state index >= 15 is 0 Å². The van der Waals surface area contributed by atoms with E-state index in [1.807, 2.05) is 38.1 Å². The normalized spacial score (nSPS) is 11.4. The Kier molecular flexibility index (Phi) is 4.07. The Bertz CT molecular complexity index is 372. The zero-order chi connectivity index (χ0) is 12.2. The number of carbonyl (C=O) groups is 1. The topological polar surface area (TPSA) is 63.3 Å². The smallest absolute Gasteiger partial charge is 0.303 e. The molecular weight excluding hydrogens is 202 g/mol. The van der Waals surface area contributed by atoms with Gasteiger partial charge in [0, 0.05) is 6.54 Å². The van der Waals surface area contributed by atoms with Crippen molar-refractivity contribution >= 4 is 5.97 Å². The van der Waals surface area contributed by atoms with E-state index in [4.69, 9.17) is 10.8 Å². The Morgan fingerprint density at radius 3 is 2.38 bits per heavy atom. The fraction of sp³-hybridized carbons (Fsp3) is 0.462. The Hall–Kier alpha value is -1.35. The maximum Gasteiger partial charge on any atom is 0.303 e. The minimum atomic E-state index is -0.754. The van der Waals surface area contributed by atoms with Gasteiger partial charge in [0.15, 0.2) is 0 Å². The third-order valence-electron chi connectivity index (χ3n) is 2.64. The molecule has 0 unspecified atom stereocenters. The molecule has 0 heterocycles. The van der Waals surface area contributed by atoms with E-state index in [0.29, 0.717) is 6.54 Å². The van der Waals surface area contributed by atoms with E-state index in [0.717, 1.165) is 17.5 Å². The SMILES string of the molecule is CC(C)(CC(=O)O)Cc1ccccc1CN. The average molecular weight is 221 g/mol. The van der Waals surface area contributed by atoms with E-state index in [1.54, 1.807) is 0 Å². The number of carboxylic acids is 1. The third kappa shape index (κ3) is 3.66. The Morgan fingerprint density at radius 1 is 1.31 bits per heavy atom. The molecule has 3 heteroatoms. The van der Waals surface area contributed by atoms with Crippen molar-refractivity contribution in [2.45, 2.75) is 33.2 Å². The molecule has 0 saturated heterocycles. The van der Waals surface area contributed by atoms with Crippen LogP contribution >= 0.6 is 0 Å². The van der Waals surface area contributed by atoms with E-state index in [9.17, 15) is 4.79 Å². The monoisotopic (exact) mass is 221 g/mol. The number of hydrogen-bond acceptors (Lipinski definition) is 2. The van der Waals surface area contributed by atoms with Crippen LogP contribution in [0, 0.1) is 5.41 Å². The molecular formula is C13H19NO2. The van der Waals surface area contributed by atoms with Crippen LogP contribution in [-0.4, -0.2) is 11.1 Å². The number of rotatable bonds is 5. The van der Waals surface area contributed by atoms with Crippen LogP contribution in [0.4, 0.5) is 0 Å². The maximum absolute atomic E-state index is 10.7. The number of nitrogens with two attached hydrogens (primary N) is 1. The Labute approximate surface area is 96.3 Å². The number of carboxylic acid groups (broad SMARTS) is 1. The number of hydrogen-bond donors (Lipinski definition) is 2. The molecule has 0 radical (unpaired) electrons. The molecule has 0 aliphatic heterocycles. The molecule has 0 fully saturated rings. The lowest BCUT2D eigenvalue weighted by atomic mass is 9.81. The van der Waals surface area contributed by atoms with E-state index < -0.39 is 5.97 Å². The summed E-state index contributed by atoms with van der Waals surface area (Å²) in [4.78, 5) is 10.7. The quantitative estimate of drug-likeness (QED) is 0.801. The molecule has 88 valence electrons. The lowest BCUT2D eigenvalue weighted by Crippen LogP contribution is -2.20. The summed E-state index contributed by atoms with van der Waals surface area (Å²) in [5.41, 5.74) is 7.66. The first-order chi connectivity index (χ1) is 7.44. The van der Waals surface area contributed by atoms with Crippen LogP contribution in [0.25, 0.3) is 0 Å². The second kappa shape index (κ2) is 5.12. The van der Waals surface area contributed by atoms with Crippen molar-refractivity contribution in [3.63, 3.8) is 0 Å². The molecule has 0 spiro atoms. The predicted octanol–water partition coefficient (Wildman–Crippen LogP) is 2.19. The van der Waals surface area contributed by atoms with Gasteiger partial charge in [-0.15, -0.1) is 0 Å². The molecule has 1 rings (SSSR count). The van der Waals surface area contributed by atoms with Crippen LogP contribution in [0.2, 0.25) is 0 Å². The first-order valence-electron chi connectivity index (χ1n) is 5.43. The van der Waals surface area contributed by atoms with Crippen molar-refractivity contribution in [2.24, 2.45) is 11.1 Å². The zero-order valence-electron chi connectivity index (χ0n) is 9.86. The van der Waals surface area contributed by atoms with Crippen LogP contribution in [-0.2, 0) is 17.8 Å². The highest BCUT2D eigenvalue weighted by Gasteiger charge is 2.22. The standard InChI is InChI=1S/C13H19NO2/c1-13(2,8-12(15)16)7-10-5-3-4-6-11(10)9-14/h3-6H,7-9,14H2,1-2H3,(H,15,16). The fourth-order valence-corrected chi connectivity index (χ4v) is 1.92. The van der Waals surface area contributed by atoms with Crippen LogP contribution in [0.15, 0.2) is 24.3 Å². The molecule has 0 bridgehead atoms. The summed E-state index contributed by atoms with van der Waals surface area (Å²) in [6.45, 7) is 4.43. The molecule has 0 aliphatic rings. The predicted molar refractivity (Wildman–Crippen MR) is 64.1 cm³/mol. The van der Waals surface area contributed by atoms with E-state index in [-0.39, 0.29) is 11.8 Å². The van der Waals surface area contributed by atoms with Crippen molar-refractivity contribution in [1.82, 2.24) is 0 Å². The number of benzene rings is 1. The van der Waals surface area contributed by atoms with Gasteiger partial charge in [0.1, 0.15) is 0 Å². The molecule has 0 aliphatic carbocycles. The van der Waals surface area contributed by atoms with Crippen LogP contribution in [0.5, 0.6) is 0 Å². The molecule has 0 atom stereocenters. The molecule has 0 saturated carbocycles. The summed E-state index contributed by atoms with van der Waals surface area (Å²) in [6, 6.07) is 7.93. The second-order valence-electron chi connectivity index (χ2n) is 4.88. The van der Waals surface area contributed by atoms with Gasteiger partial charge >= 0.3 is 5.97 Å². The highest BCUT2D eigenvalue weighted by Crippen LogP contribution is 2.27. The summed E-state index contributed by atoms with van der Waals surface area (Å²) in [5.74, 6) is -0.754. The third-order valence-corrected chi connectivity index (χ3v) is 2.64. The fourth-order valence-electron chi connectivity index (χ4n) is 1.92. The molecule has 1 aromatic carbocycles. The Morgan fingerprint density at radius 2 is 1.88 bits per heavy atom. The molecule has 0 amide bonds. The summed E-state index contributed by atoms with van der Waals surface area (Å²) < 4.78 is 0. The average Bonchev–Trinajstić information content (AvgIpc) is 2.15. The van der Waals surface area contributed by atoms with Crippen molar-refractivity contribution < 1.29 is 9.90 Å². The Balaban J connectivity index is 2.82. The van der Waals surface area contributed by atoms with Gasteiger partial charge in [-0.05, 0) is 23.0 Å². The van der Waals surface area contributed by atoms with Crippen molar-refractivity contribution in [3.05, 3.63) is 35.4 Å². The van der Waals surface area contributed by atoms with Crippen molar-refractivity contribution in [2.75, 3.05) is 0 Å². The lowest BCUT2D eigenvalue weighted by molar-refractivity contribution is -0.139. The van der Waals surface area contributed by atoms with Crippen molar-refractivity contribution in [1.29, 1.82) is 0 Å². The molecule has 3 nitrogen and oxygen atoms in total. The molecule has 3 N–H and O–H groups in total. The van der Waals surface area contributed by atoms with Gasteiger partial charge in [-0.2, -0.15) is 0 Å².